The molecule has 1 aromatic rings. The fraction of sp³-hybridized carbons (Fsp3) is 0.467. The minimum atomic E-state index is -0.592. The fourth-order valence-corrected chi connectivity index (χ4v) is 3.67. The molecule has 0 aromatic heterocycles. The molecule has 0 aliphatic carbocycles. The van der Waals surface area contributed by atoms with Gasteiger partial charge in [0.05, 0.1) is 10.2 Å². The van der Waals surface area contributed by atoms with Crippen molar-refractivity contribution in [1.82, 2.24) is 4.90 Å². The summed E-state index contributed by atoms with van der Waals surface area (Å²) in [5.74, 6) is -0.596. The van der Waals surface area contributed by atoms with Gasteiger partial charge in [-0.15, -0.1) is 0 Å². The summed E-state index contributed by atoms with van der Waals surface area (Å²) in [5, 5.41) is 0. The van der Waals surface area contributed by atoms with Crippen LogP contribution in [-0.4, -0.2) is 35.3 Å². The van der Waals surface area contributed by atoms with Gasteiger partial charge in [0.15, 0.2) is 0 Å². The predicted octanol–water partition coefficient (Wildman–Crippen LogP) is 2.62. The zero-order valence-corrected chi connectivity index (χ0v) is 13.5. The molecule has 6 heteroatoms. The SMILES string of the molecule is Cc1cc(Br)c(F)cc1N1C(=O)C2CCCN2C(=O)C1C. The third kappa shape index (κ3) is 2.16. The van der Waals surface area contributed by atoms with Gasteiger partial charge in [-0.3, -0.25) is 14.5 Å². The normalized spacial score (nSPS) is 25.5. The van der Waals surface area contributed by atoms with E-state index >= 15 is 0 Å². The quantitative estimate of drug-likeness (QED) is 0.777. The number of anilines is 1. The summed E-state index contributed by atoms with van der Waals surface area (Å²) in [6.07, 6.45) is 1.53. The van der Waals surface area contributed by atoms with Crippen LogP contribution >= 0.6 is 15.9 Å². The van der Waals surface area contributed by atoms with Crippen LogP contribution in [-0.2, 0) is 9.59 Å². The van der Waals surface area contributed by atoms with Crippen LogP contribution in [0.4, 0.5) is 10.1 Å². The topological polar surface area (TPSA) is 40.6 Å². The molecule has 2 fully saturated rings. The van der Waals surface area contributed by atoms with Crippen LogP contribution in [0.15, 0.2) is 16.6 Å². The van der Waals surface area contributed by atoms with Crippen LogP contribution in [0.2, 0.25) is 0 Å². The molecule has 1 aromatic carbocycles. The number of carbonyl (C=O) groups is 2. The molecule has 2 saturated heterocycles. The summed E-state index contributed by atoms with van der Waals surface area (Å²) in [6.45, 7) is 4.15. The maximum absolute atomic E-state index is 13.9. The Balaban J connectivity index is 2.06. The third-order valence-corrected chi connectivity index (χ3v) is 4.91. The second kappa shape index (κ2) is 5.09. The van der Waals surface area contributed by atoms with Crippen molar-refractivity contribution in [2.45, 2.75) is 38.8 Å². The average molecular weight is 355 g/mol. The molecule has 2 aliphatic rings. The van der Waals surface area contributed by atoms with Crippen LogP contribution in [0.1, 0.15) is 25.3 Å². The number of aryl methyl sites for hydroxylation is 1. The number of halogens is 2. The number of hydrogen-bond donors (Lipinski definition) is 0. The van der Waals surface area contributed by atoms with Crippen LogP contribution in [0, 0.1) is 12.7 Å². The second-order valence-corrected chi connectivity index (χ2v) is 6.48. The van der Waals surface area contributed by atoms with Gasteiger partial charge >= 0.3 is 0 Å². The zero-order valence-electron chi connectivity index (χ0n) is 11.9. The first-order valence-electron chi connectivity index (χ1n) is 7.01. The summed E-state index contributed by atoms with van der Waals surface area (Å²) in [4.78, 5) is 28.3. The van der Waals surface area contributed by atoms with Crippen molar-refractivity contribution in [3.05, 3.63) is 28.0 Å². The largest absolute Gasteiger partial charge is 0.329 e. The molecule has 4 nitrogen and oxygen atoms in total. The molecular formula is C15H16BrFN2O2. The average Bonchev–Trinajstić information content (AvgIpc) is 2.92. The van der Waals surface area contributed by atoms with Crippen molar-refractivity contribution < 1.29 is 14.0 Å². The number of nitrogens with zero attached hydrogens (tertiary/aromatic N) is 2. The highest BCUT2D eigenvalue weighted by Gasteiger charge is 2.46. The van der Waals surface area contributed by atoms with Gasteiger partial charge in [0, 0.05) is 6.54 Å². The van der Waals surface area contributed by atoms with Gasteiger partial charge in [-0.05, 0) is 60.3 Å². The van der Waals surface area contributed by atoms with E-state index in [1.165, 1.54) is 11.0 Å². The Hall–Kier alpha value is -1.43. The minimum absolute atomic E-state index is 0.0557. The van der Waals surface area contributed by atoms with Gasteiger partial charge in [-0.25, -0.2) is 4.39 Å². The molecule has 2 amide bonds. The number of amides is 2. The first-order valence-corrected chi connectivity index (χ1v) is 7.80. The van der Waals surface area contributed by atoms with E-state index in [2.05, 4.69) is 15.9 Å². The van der Waals surface area contributed by atoms with Gasteiger partial charge in [-0.2, -0.15) is 0 Å². The Morgan fingerprint density at radius 3 is 2.71 bits per heavy atom. The summed E-state index contributed by atoms with van der Waals surface area (Å²) >= 11 is 3.14. The van der Waals surface area contributed by atoms with E-state index in [1.807, 2.05) is 6.92 Å². The smallest absolute Gasteiger partial charge is 0.250 e. The lowest BCUT2D eigenvalue weighted by molar-refractivity contribution is -0.143. The van der Waals surface area contributed by atoms with Gasteiger partial charge < -0.3 is 4.90 Å². The number of benzene rings is 1. The van der Waals surface area contributed by atoms with Crippen molar-refractivity contribution in [1.29, 1.82) is 0 Å². The third-order valence-electron chi connectivity index (χ3n) is 4.30. The van der Waals surface area contributed by atoms with Crippen LogP contribution < -0.4 is 4.90 Å². The van der Waals surface area contributed by atoms with Gasteiger partial charge in [-0.1, -0.05) is 0 Å². The summed E-state index contributed by atoms with van der Waals surface area (Å²) < 4.78 is 14.2. The van der Waals surface area contributed by atoms with Gasteiger partial charge in [0.1, 0.15) is 17.9 Å². The van der Waals surface area contributed by atoms with Crippen LogP contribution in [0.25, 0.3) is 0 Å². The van der Waals surface area contributed by atoms with Crippen molar-refractivity contribution in [3.63, 3.8) is 0 Å². The summed E-state index contributed by atoms with van der Waals surface area (Å²) in [7, 11) is 0. The highest BCUT2D eigenvalue weighted by Crippen LogP contribution is 2.34. The predicted molar refractivity (Wildman–Crippen MR) is 80.5 cm³/mol. The molecule has 0 radical (unpaired) electrons. The van der Waals surface area contributed by atoms with E-state index in [0.717, 1.165) is 12.0 Å². The Morgan fingerprint density at radius 2 is 2.00 bits per heavy atom. The van der Waals surface area contributed by atoms with Crippen LogP contribution in [0.5, 0.6) is 0 Å². The Kier molecular flexibility index (Phi) is 3.51. The zero-order chi connectivity index (χ0) is 15.3. The van der Waals surface area contributed by atoms with Crippen molar-refractivity contribution >= 4 is 33.4 Å². The molecule has 0 N–H and O–H groups in total. The van der Waals surface area contributed by atoms with E-state index in [4.69, 9.17) is 0 Å². The summed E-state index contributed by atoms with van der Waals surface area (Å²) in [5.41, 5.74) is 1.25. The van der Waals surface area contributed by atoms with Crippen molar-refractivity contribution in [3.8, 4) is 0 Å². The number of piperazine rings is 1. The molecule has 112 valence electrons. The number of hydrogen-bond acceptors (Lipinski definition) is 2. The number of fused-ring (bicyclic) bond motifs is 1. The second-order valence-electron chi connectivity index (χ2n) is 5.63. The van der Waals surface area contributed by atoms with Crippen molar-refractivity contribution in [2.24, 2.45) is 0 Å². The van der Waals surface area contributed by atoms with E-state index in [9.17, 15) is 14.0 Å². The molecule has 21 heavy (non-hydrogen) atoms. The molecule has 2 unspecified atom stereocenters. The first-order chi connectivity index (χ1) is 9.91. The lowest BCUT2D eigenvalue weighted by atomic mass is 10.0. The Morgan fingerprint density at radius 1 is 1.29 bits per heavy atom. The lowest BCUT2D eigenvalue weighted by Gasteiger charge is -2.41. The maximum atomic E-state index is 13.9. The van der Waals surface area contributed by atoms with E-state index in [-0.39, 0.29) is 17.9 Å². The van der Waals surface area contributed by atoms with E-state index in [0.29, 0.717) is 23.1 Å². The summed E-state index contributed by atoms with van der Waals surface area (Å²) in [6, 6.07) is 1.98. The van der Waals surface area contributed by atoms with Gasteiger partial charge in [0.2, 0.25) is 5.91 Å². The highest BCUT2D eigenvalue weighted by atomic mass is 79.9. The van der Waals surface area contributed by atoms with E-state index < -0.39 is 11.9 Å². The fourth-order valence-electron chi connectivity index (χ4n) is 3.21. The molecule has 0 spiro atoms. The maximum Gasteiger partial charge on any atom is 0.250 e. The van der Waals surface area contributed by atoms with Crippen molar-refractivity contribution in [2.75, 3.05) is 11.4 Å². The molecule has 3 rings (SSSR count). The Bertz CT molecular complexity index is 634. The first kappa shape index (κ1) is 14.5. The molecule has 2 heterocycles. The molecule has 2 atom stereocenters. The standard InChI is InChI=1S/C15H16BrFN2O2/c1-8-6-10(16)11(17)7-13(8)19-9(2)14(20)18-5-3-4-12(18)15(19)21/h6-7,9,12H,3-5H2,1-2H3. The van der Waals surface area contributed by atoms with Crippen LogP contribution in [0.3, 0.4) is 0 Å². The molecule has 0 bridgehead atoms. The highest BCUT2D eigenvalue weighted by molar-refractivity contribution is 9.10. The number of rotatable bonds is 1. The monoisotopic (exact) mass is 354 g/mol. The lowest BCUT2D eigenvalue weighted by Crippen LogP contribution is -2.62. The van der Waals surface area contributed by atoms with E-state index in [1.54, 1.807) is 17.9 Å². The van der Waals surface area contributed by atoms with Gasteiger partial charge in [0.25, 0.3) is 5.91 Å². The Labute approximate surface area is 131 Å². The molecular weight excluding hydrogens is 339 g/mol. The minimum Gasteiger partial charge on any atom is -0.329 e. The number of carbonyl (C=O) groups excluding carboxylic acids is 2. The molecule has 2 aliphatic heterocycles. The molecule has 0 saturated carbocycles.